The van der Waals surface area contributed by atoms with Gasteiger partial charge in [-0.25, -0.2) is 29.1 Å². The second kappa shape index (κ2) is 15.4. The van der Waals surface area contributed by atoms with Gasteiger partial charge in [0.15, 0.2) is 11.5 Å². The lowest BCUT2D eigenvalue weighted by Gasteiger charge is -2.45. The van der Waals surface area contributed by atoms with E-state index in [1.54, 1.807) is 53.7 Å². The van der Waals surface area contributed by atoms with Gasteiger partial charge in [0.1, 0.15) is 17.7 Å². The van der Waals surface area contributed by atoms with Crippen LogP contribution in [0.4, 0.5) is 20.2 Å². The van der Waals surface area contributed by atoms with E-state index in [0.717, 1.165) is 5.56 Å². The van der Waals surface area contributed by atoms with Crippen molar-refractivity contribution in [3.05, 3.63) is 52.5 Å². The van der Waals surface area contributed by atoms with Gasteiger partial charge in [0, 0.05) is 18.5 Å². The Labute approximate surface area is 329 Å². The Kier molecular flexibility index (Phi) is 11.4. The molecule has 0 aliphatic carbocycles. The Morgan fingerprint density at radius 2 is 1.59 bits per heavy atom. The zero-order chi connectivity index (χ0) is 41.4. The molecule has 296 valence electrons. The number of carbonyl (C=O) groups is 4. The number of hydrogen-bond donors (Lipinski definition) is 1. The summed E-state index contributed by atoms with van der Waals surface area (Å²) in [4.78, 5) is 65.6. The molecule has 56 heavy (non-hydrogen) atoms. The fourth-order valence-corrected chi connectivity index (χ4v) is 7.19. The van der Waals surface area contributed by atoms with Crippen LogP contribution in [0, 0.1) is 18.3 Å². The quantitative estimate of drug-likeness (QED) is 0.191. The molecule has 3 aromatic heterocycles. The molecular weight excluding hydrogens is 741 g/mol. The lowest BCUT2D eigenvalue weighted by atomic mass is 9.95. The first-order valence-electron chi connectivity index (χ1n) is 18.0. The van der Waals surface area contributed by atoms with Crippen LogP contribution in [-0.4, -0.2) is 102 Å². The molecule has 4 heterocycles. The third-order valence-electron chi connectivity index (χ3n) is 9.13. The molecule has 0 radical (unpaired) electrons. The largest absolute Gasteiger partial charge is 0.465 e. The zero-order valence-corrected chi connectivity index (χ0v) is 34.1. The van der Waals surface area contributed by atoms with Crippen LogP contribution in [0.2, 0.25) is 0 Å². The molecule has 0 spiro atoms. The number of hydrogen-bond acceptors (Lipinski definition) is 13. The summed E-state index contributed by atoms with van der Waals surface area (Å²) in [6, 6.07) is 8.72. The van der Waals surface area contributed by atoms with Crippen LogP contribution < -0.4 is 4.90 Å². The van der Waals surface area contributed by atoms with Crippen molar-refractivity contribution < 1.29 is 42.7 Å². The number of thiophene rings is 1. The van der Waals surface area contributed by atoms with Crippen molar-refractivity contribution in [3.63, 3.8) is 0 Å². The zero-order valence-electron chi connectivity index (χ0n) is 33.3. The number of rotatable bonds is 5. The fourth-order valence-electron chi connectivity index (χ4n) is 6.34. The number of nitriles is 1. The van der Waals surface area contributed by atoms with Gasteiger partial charge < -0.3 is 23.9 Å². The predicted octanol–water partition coefficient (Wildman–Crippen LogP) is 7.92. The van der Waals surface area contributed by atoms with Crippen LogP contribution in [-0.2, 0) is 9.47 Å². The number of amides is 4. The highest BCUT2D eigenvalue weighted by Crippen LogP contribution is 2.37. The highest BCUT2D eigenvalue weighted by atomic mass is 32.1. The Morgan fingerprint density at radius 1 is 0.946 bits per heavy atom. The maximum Gasteiger partial charge on any atom is 0.425 e. The number of carbonyl (C=O) groups excluding carboxylic acids is 3. The summed E-state index contributed by atoms with van der Waals surface area (Å²) in [5, 5.41) is 30.4. The van der Waals surface area contributed by atoms with Gasteiger partial charge in [0.2, 0.25) is 0 Å². The summed E-state index contributed by atoms with van der Waals surface area (Å²) in [6.45, 7) is 18.7. The standard InChI is InChI=1S/C39H46N8O8S/c1-23-14-19-56-29(23)32-44-43-31(53-32)28-30(46(35(51)54-38(5,6)7)36(52)55-39(8,9)10)41-22-27(42-28)26-13-12-24(20-25(26)21-40)33(48)47(37(2,3)4)17-11-15-45(16-18-47)34(49)50/h12-14,19-20,22H,11,15-18H2,1-10H3/p+1. The SMILES string of the molecule is Cc1ccsc1-c1nnc(-c2nc(-c3ccc(C(=O)[N+]4(C(C)(C)C)CCCN(C(=O)O)CC4)cc3C#N)cnc2N(C(=O)OC(C)(C)C)C(=O)OC(C)(C)C)o1. The second-order valence-corrected chi connectivity index (χ2v) is 17.4. The molecule has 1 N–H and O–H groups in total. The molecule has 0 saturated carbocycles. The molecular formula is C39H47N8O8S+. The molecule has 1 aromatic carbocycles. The summed E-state index contributed by atoms with van der Waals surface area (Å²) in [6.07, 6.45) is -1.47. The van der Waals surface area contributed by atoms with E-state index in [-0.39, 0.29) is 69.2 Å². The number of aromatic nitrogens is 4. The Bertz CT molecular complexity index is 2180. The first-order chi connectivity index (χ1) is 26.0. The highest BCUT2D eigenvalue weighted by molar-refractivity contribution is 7.13. The lowest BCUT2D eigenvalue weighted by molar-refractivity contribution is -0.894. The fraction of sp³-hybridized carbons (Fsp3) is 0.462. The van der Waals surface area contributed by atoms with Gasteiger partial charge in [-0.3, -0.25) is 4.48 Å². The molecule has 16 nitrogen and oxygen atoms in total. The topological polar surface area (TPSA) is 202 Å². The number of imide groups is 1. The van der Waals surface area contributed by atoms with Gasteiger partial charge in [-0.1, -0.05) is 6.07 Å². The van der Waals surface area contributed by atoms with E-state index in [0.29, 0.717) is 29.3 Å². The Balaban J connectivity index is 1.66. The van der Waals surface area contributed by atoms with Crippen molar-refractivity contribution in [2.24, 2.45) is 0 Å². The van der Waals surface area contributed by atoms with Gasteiger partial charge in [0.25, 0.3) is 11.8 Å². The number of nitrogens with zero attached hydrogens (tertiary/aromatic N) is 8. The molecule has 1 saturated heterocycles. The van der Waals surface area contributed by atoms with Crippen LogP contribution in [0.25, 0.3) is 33.6 Å². The minimum absolute atomic E-state index is 0.0198. The third-order valence-corrected chi connectivity index (χ3v) is 10.1. The Morgan fingerprint density at radius 3 is 2.14 bits per heavy atom. The van der Waals surface area contributed by atoms with E-state index in [2.05, 4.69) is 21.3 Å². The first kappa shape index (κ1) is 41.4. The molecule has 5 rings (SSSR count). The minimum Gasteiger partial charge on any atom is -0.465 e. The van der Waals surface area contributed by atoms with Gasteiger partial charge in [0.05, 0.1) is 52.6 Å². The van der Waals surface area contributed by atoms with Crippen LogP contribution in [0.1, 0.15) is 90.2 Å². The van der Waals surface area contributed by atoms with Crippen LogP contribution in [0.15, 0.2) is 40.3 Å². The van der Waals surface area contributed by atoms with Gasteiger partial charge in [-0.05, 0) is 98.4 Å². The molecule has 4 amide bonds. The van der Waals surface area contributed by atoms with E-state index in [1.165, 1.54) is 28.5 Å². The number of quaternary nitrogens is 1. The third kappa shape index (κ3) is 8.71. The van der Waals surface area contributed by atoms with Crippen molar-refractivity contribution in [3.8, 4) is 39.7 Å². The molecule has 1 aliphatic rings. The summed E-state index contributed by atoms with van der Waals surface area (Å²) in [7, 11) is 0. The lowest BCUT2D eigenvalue weighted by Crippen LogP contribution is -2.65. The maximum atomic E-state index is 14.5. The van der Waals surface area contributed by atoms with Crippen molar-refractivity contribution in [2.45, 2.75) is 92.4 Å². The van der Waals surface area contributed by atoms with Gasteiger partial charge >= 0.3 is 24.2 Å². The van der Waals surface area contributed by atoms with Gasteiger partial charge in [-0.15, -0.1) is 21.5 Å². The summed E-state index contributed by atoms with van der Waals surface area (Å²) in [5.41, 5.74) is -1.14. The minimum atomic E-state index is -1.10. The highest BCUT2D eigenvalue weighted by Gasteiger charge is 2.49. The van der Waals surface area contributed by atoms with Crippen molar-refractivity contribution in [2.75, 3.05) is 31.1 Å². The predicted molar refractivity (Wildman–Crippen MR) is 207 cm³/mol. The summed E-state index contributed by atoms with van der Waals surface area (Å²) in [5.74, 6) is -0.590. The van der Waals surface area contributed by atoms with Crippen molar-refractivity contribution in [1.82, 2.24) is 25.1 Å². The monoisotopic (exact) mass is 787 g/mol. The number of benzene rings is 1. The average molecular weight is 788 g/mol. The van der Waals surface area contributed by atoms with E-state index < -0.39 is 35.0 Å². The van der Waals surface area contributed by atoms with Gasteiger partial charge in [-0.2, -0.15) is 10.2 Å². The van der Waals surface area contributed by atoms with Crippen molar-refractivity contribution >= 4 is 41.3 Å². The number of carboxylic acid groups (broad SMARTS) is 1. The van der Waals surface area contributed by atoms with E-state index >= 15 is 0 Å². The van der Waals surface area contributed by atoms with E-state index in [4.69, 9.17) is 18.9 Å². The second-order valence-electron chi connectivity index (χ2n) is 16.5. The normalized spacial score (nSPS) is 16.4. The molecule has 1 atom stereocenters. The van der Waals surface area contributed by atoms with Crippen LogP contribution in [0.3, 0.4) is 0 Å². The number of anilines is 1. The Hall–Kier alpha value is -5.73. The van der Waals surface area contributed by atoms with Crippen LogP contribution in [0.5, 0.6) is 0 Å². The van der Waals surface area contributed by atoms with E-state index in [9.17, 15) is 29.5 Å². The molecule has 0 bridgehead atoms. The molecule has 4 aromatic rings. The molecule has 1 unspecified atom stereocenters. The molecule has 17 heteroatoms. The summed E-state index contributed by atoms with van der Waals surface area (Å²) < 4.78 is 17.3. The van der Waals surface area contributed by atoms with Crippen molar-refractivity contribution in [1.29, 1.82) is 5.26 Å². The smallest absolute Gasteiger partial charge is 0.425 e. The average Bonchev–Trinajstić information content (AvgIpc) is 3.68. The number of aryl methyl sites for hydroxylation is 1. The molecule has 1 fully saturated rings. The molecule has 1 aliphatic heterocycles. The van der Waals surface area contributed by atoms with E-state index in [1.807, 2.05) is 39.1 Å². The summed E-state index contributed by atoms with van der Waals surface area (Å²) >= 11 is 1.38. The number of ether oxygens (including phenoxy) is 2. The van der Waals surface area contributed by atoms with Crippen LogP contribution >= 0.6 is 11.3 Å². The maximum absolute atomic E-state index is 14.5. The first-order valence-corrected chi connectivity index (χ1v) is 18.9.